The number of benzene rings is 2. The van der Waals surface area contributed by atoms with Crippen molar-refractivity contribution >= 4 is 31.0 Å². The van der Waals surface area contributed by atoms with Crippen molar-refractivity contribution in [3.05, 3.63) is 48.5 Å². The fraction of sp³-hybridized carbons (Fsp3) is 0.0714. The normalized spacial score (nSPS) is 12.4. The number of fused-ring (bicyclic) bond motifs is 1. The van der Waals surface area contributed by atoms with Crippen LogP contribution in [-0.4, -0.2) is 37.4 Å². The van der Waals surface area contributed by atoms with Gasteiger partial charge in [-0.15, -0.1) is 9.19 Å². The first kappa shape index (κ1) is 16.3. The van der Waals surface area contributed by atoms with Gasteiger partial charge in [-0.1, -0.05) is 18.2 Å². The van der Waals surface area contributed by atoms with Gasteiger partial charge in [0.05, 0.1) is 10.9 Å². The van der Waals surface area contributed by atoms with Crippen molar-refractivity contribution in [3.63, 3.8) is 0 Å². The molecule has 10 heteroatoms. The van der Waals surface area contributed by atoms with Gasteiger partial charge in [0.15, 0.2) is 15.6 Å². The first-order valence-corrected chi connectivity index (χ1v) is 9.78. The minimum Gasteiger partial charge on any atom is -0.492 e. The number of sulfone groups is 1. The van der Waals surface area contributed by atoms with Gasteiger partial charge in [-0.2, -0.15) is 8.42 Å². The maximum absolute atomic E-state index is 12.5. The Morgan fingerprint density at radius 3 is 2.58 bits per heavy atom. The fourth-order valence-corrected chi connectivity index (χ4v) is 3.98. The monoisotopic (exact) mass is 367 g/mol. The van der Waals surface area contributed by atoms with Crippen LogP contribution in [0.5, 0.6) is 11.6 Å². The lowest BCUT2D eigenvalue weighted by Gasteiger charge is -2.10. The second kappa shape index (κ2) is 5.49. The highest BCUT2D eigenvalue weighted by molar-refractivity contribution is 7.91. The predicted octanol–water partition coefficient (Wildman–Crippen LogP) is 1.12. The van der Waals surface area contributed by atoms with Crippen LogP contribution >= 0.6 is 0 Å². The van der Waals surface area contributed by atoms with Crippen LogP contribution in [0.2, 0.25) is 0 Å². The van der Waals surface area contributed by atoms with Gasteiger partial charge in [0.1, 0.15) is 4.90 Å². The third kappa shape index (κ3) is 2.81. The predicted molar refractivity (Wildman–Crippen MR) is 84.7 cm³/mol. The molecule has 2 aromatic carbocycles. The maximum Gasteiger partial charge on any atom is 0.429 e. The average Bonchev–Trinajstić information content (AvgIpc) is 2.85. The smallest absolute Gasteiger partial charge is 0.429 e. The Labute approximate surface area is 138 Å². The summed E-state index contributed by atoms with van der Waals surface area (Å²) in [5.41, 5.74) is 0.0723. The van der Waals surface area contributed by atoms with E-state index in [0.717, 1.165) is 6.26 Å². The average molecular weight is 367 g/mol. The Kier molecular flexibility index (Phi) is 3.73. The van der Waals surface area contributed by atoms with Crippen molar-refractivity contribution in [2.24, 2.45) is 0 Å². The molecule has 24 heavy (non-hydrogen) atoms. The molecule has 1 radical (unpaired) electrons. The van der Waals surface area contributed by atoms with Gasteiger partial charge in [0, 0.05) is 6.26 Å². The topological polar surface area (TPSA) is 116 Å². The summed E-state index contributed by atoms with van der Waals surface area (Å²) in [6, 6.07) is 12.2. The van der Waals surface area contributed by atoms with E-state index >= 15 is 0 Å². The molecule has 0 spiro atoms. The lowest BCUT2D eigenvalue weighted by molar-refractivity contribution is 0.439. The van der Waals surface area contributed by atoms with Crippen LogP contribution in [0, 0.1) is 6.07 Å². The highest BCUT2D eigenvalue weighted by Gasteiger charge is 2.25. The second-order valence-electron chi connectivity index (χ2n) is 4.87. The largest absolute Gasteiger partial charge is 0.492 e. The molecule has 3 aromatic rings. The Morgan fingerprint density at radius 1 is 1.17 bits per heavy atom. The molecule has 1 heterocycles. The molecule has 0 saturated heterocycles. The lowest BCUT2D eigenvalue weighted by Crippen LogP contribution is -2.21. The third-order valence-electron chi connectivity index (χ3n) is 3.13. The van der Waals surface area contributed by atoms with Gasteiger partial charge in [-0.05, 0) is 30.3 Å². The molecule has 1 N–H and O–H groups in total. The first-order chi connectivity index (χ1) is 11.2. The molecule has 8 nitrogen and oxygen atoms in total. The van der Waals surface area contributed by atoms with Gasteiger partial charge >= 0.3 is 10.3 Å². The number of hydrogen-bond acceptors (Lipinski definition) is 7. The number of para-hydroxylation sites is 1. The molecular weight excluding hydrogens is 356 g/mol. The minimum atomic E-state index is -4.53. The van der Waals surface area contributed by atoms with Crippen LogP contribution in [0.4, 0.5) is 0 Å². The molecule has 0 bridgehead atoms. The molecule has 0 fully saturated rings. The summed E-state index contributed by atoms with van der Waals surface area (Å²) < 4.78 is 53.9. The highest BCUT2D eigenvalue weighted by atomic mass is 32.2. The fourth-order valence-electron chi connectivity index (χ4n) is 2.11. The van der Waals surface area contributed by atoms with E-state index < -0.39 is 26.0 Å². The standard InChI is InChI=1S/C14H11N2O6S2/c1-23(18,19)13-9-5-4-8-12(13)22-24(20,21)16-11-7-3-2-6-10(11)14(17)15-16/h3-9H,1H3,(H,15,17). The zero-order chi connectivity index (χ0) is 17.5. The van der Waals surface area contributed by atoms with Gasteiger partial charge in [-0.25, -0.2) is 8.42 Å². The Morgan fingerprint density at radius 2 is 1.88 bits per heavy atom. The summed E-state index contributed by atoms with van der Waals surface area (Å²) >= 11 is 0. The SMILES string of the molecule is CS(=O)(=O)c1ccccc1OS(=O)(=O)n1nc(O)c2c[c]ccc21. The molecular formula is C14H11N2O6S2. The van der Waals surface area contributed by atoms with Crippen LogP contribution in [-0.2, 0) is 20.1 Å². The van der Waals surface area contributed by atoms with Gasteiger partial charge in [-0.3, -0.25) is 0 Å². The molecule has 125 valence electrons. The summed E-state index contributed by atoms with van der Waals surface area (Å²) in [6.07, 6.45) is 0.937. The van der Waals surface area contributed by atoms with Crippen molar-refractivity contribution < 1.29 is 26.1 Å². The first-order valence-electron chi connectivity index (χ1n) is 6.52. The molecule has 0 aliphatic carbocycles. The van der Waals surface area contributed by atoms with Crippen molar-refractivity contribution in [2.45, 2.75) is 4.90 Å². The summed E-state index contributed by atoms with van der Waals surface area (Å²) in [5.74, 6) is -0.865. The van der Waals surface area contributed by atoms with E-state index in [0.29, 0.717) is 4.09 Å². The number of aromatic hydroxyl groups is 1. The molecule has 0 aliphatic rings. The maximum atomic E-state index is 12.5. The van der Waals surface area contributed by atoms with Crippen molar-refractivity contribution in [1.82, 2.24) is 9.19 Å². The van der Waals surface area contributed by atoms with E-state index in [1.807, 2.05) is 0 Å². The highest BCUT2D eigenvalue weighted by Crippen LogP contribution is 2.28. The Balaban J connectivity index is 2.14. The third-order valence-corrected chi connectivity index (χ3v) is 5.36. The van der Waals surface area contributed by atoms with Gasteiger partial charge < -0.3 is 9.29 Å². The van der Waals surface area contributed by atoms with E-state index in [1.165, 1.54) is 42.5 Å². The summed E-state index contributed by atoms with van der Waals surface area (Å²) in [4.78, 5) is -0.275. The molecule has 0 unspecified atom stereocenters. The Hall–Kier alpha value is -2.59. The van der Waals surface area contributed by atoms with Crippen LogP contribution in [0.15, 0.2) is 47.4 Å². The van der Waals surface area contributed by atoms with E-state index in [4.69, 9.17) is 4.18 Å². The number of rotatable bonds is 4. The van der Waals surface area contributed by atoms with Crippen LogP contribution in [0.1, 0.15) is 0 Å². The molecule has 0 saturated carbocycles. The second-order valence-corrected chi connectivity index (χ2v) is 8.22. The van der Waals surface area contributed by atoms with E-state index in [1.54, 1.807) is 0 Å². The van der Waals surface area contributed by atoms with Crippen molar-refractivity contribution in [1.29, 1.82) is 0 Å². The molecule has 0 atom stereocenters. The van der Waals surface area contributed by atoms with Crippen LogP contribution in [0.3, 0.4) is 0 Å². The van der Waals surface area contributed by atoms with E-state index in [9.17, 15) is 21.9 Å². The summed E-state index contributed by atoms with van der Waals surface area (Å²) in [5, 5.41) is 13.4. The zero-order valence-electron chi connectivity index (χ0n) is 12.2. The quantitative estimate of drug-likeness (QED) is 0.734. The summed E-state index contributed by atoms with van der Waals surface area (Å²) in [7, 11) is -8.23. The Bertz CT molecular complexity index is 1130. The van der Waals surface area contributed by atoms with Crippen molar-refractivity contribution in [2.75, 3.05) is 6.26 Å². The zero-order valence-corrected chi connectivity index (χ0v) is 13.9. The minimum absolute atomic E-state index is 0.0723. The lowest BCUT2D eigenvalue weighted by atomic mass is 10.2. The number of hydrogen-bond donors (Lipinski definition) is 1. The van der Waals surface area contributed by atoms with Gasteiger partial charge in [0.2, 0.25) is 5.88 Å². The molecule has 3 rings (SSSR count). The van der Waals surface area contributed by atoms with Gasteiger partial charge in [0.25, 0.3) is 0 Å². The van der Waals surface area contributed by atoms with Crippen LogP contribution in [0.25, 0.3) is 10.9 Å². The molecule has 0 amide bonds. The molecule has 0 aliphatic heterocycles. The van der Waals surface area contributed by atoms with E-state index in [-0.39, 0.29) is 21.5 Å². The summed E-state index contributed by atoms with van der Waals surface area (Å²) in [6.45, 7) is 0. The van der Waals surface area contributed by atoms with Crippen LogP contribution < -0.4 is 4.18 Å². The van der Waals surface area contributed by atoms with E-state index in [2.05, 4.69) is 11.2 Å². The molecule has 1 aromatic heterocycles. The number of aromatic nitrogens is 2. The number of nitrogens with zero attached hydrogens (tertiary/aromatic N) is 2. The van der Waals surface area contributed by atoms with Crippen molar-refractivity contribution in [3.8, 4) is 11.6 Å².